The fourth-order valence-corrected chi connectivity index (χ4v) is 1.70. The zero-order chi connectivity index (χ0) is 15.8. The van der Waals surface area contributed by atoms with E-state index in [1.165, 1.54) is 13.3 Å². The van der Waals surface area contributed by atoms with Crippen molar-refractivity contribution in [2.75, 3.05) is 33.5 Å². The predicted molar refractivity (Wildman–Crippen MR) is 78.1 cm³/mol. The Morgan fingerprint density at radius 3 is 3.00 bits per heavy atom. The van der Waals surface area contributed by atoms with Gasteiger partial charge >= 0.3 is 5.97 Å². The number of hydrogen-bond acceptors (Lipinski definition) is 7. The van der Waals surface area contributed by atoms with Gasteiger partial charge in [0.15, 0.2) is 0 Å². The van der Waals surface area contributed by atoms with Crippen molar-refractivity contribution in [1.29, 1.82) is 0 Å². The average molecular weight is 306 g/mol. The number of hydrogen-bond donors (Lipinski definition) is 1. The Labute approximate surface area is 127 Å². The normalized spacial score (nSPS) is 10.5. The summed E-state index contributed by atoms with van der Waals surface area (Å²) >= 11 is 0. The third-order valence-electron chi connectivity index (χ3n) is 2.73. The Morgan fingerprint density at radius 2 is 2.23 bits per heavy atom. The minimum absolute atomic E-state index is 0.372. The molecule has 8 nitrogen and oxygen atoms in total. The van der Waals surface area contributed by atoms with Crippen LogP contribution in [0.25, 0.3) is 5.69 Å². The third-order valence-corrected chi connectivity index (χ3v) is 2.73. The molecule has 2 N–H and O–H groups in total. The number of nitrogens with zero attached hydrogens (tertiary/aromatic N) is 3. The molecule has 2 rings (SSSR count). The fourth-order valence-electron chi connectivity index (χ4n) is 1.70. The second-order valence-corrected chi connectivity index (χ2v) is 4.27. The SMILES string of the molecule is COC(=O)c1cnn(-c2ccnc(OCCOCCN)c2)c1. The lowest BCUT2D eigenvalue weighted by Crippen LogP contribution is -2.13. The molecule has 2 aromatic rings. The van der Waals surface area contributed by atoms with Gasteiger partial charge in [-0.2, -0.15) is 5.10 Å². The van der Waals surface area contributed by atoms with Crippen LogP contribution in [0.3, 0.4) is 0 Å². The Hall–Kier alpha value is -2.45. The van der Waals surface area contributed by atoms with Crippen molar-refractivity contribution in [2.24, 2.45) is 5.73 Å². The molecule has 8 heteroatoms. The highest BCUT2D eigenvalue weighted by atomic mass is 16.5. The van der Waals surface area contributed by atoms with E-state index in [4.69, 9.17) is 15.2 Å². The van der Waals surface area contributed by atoms with Gasteiger partial charge in [-0.1, -0.05) is 0 Å². The fraction of sp³-hybridized carbons (Fsp3) is 0.357. The Bertz CT molecular complexity index is 614. The lowest BCUT2D eigenvalue weighted by atomic mass is 10.3. The summed E-state index contributed by atoms with van der Waals surface area (Å²) < 4.78 is 16.9. The van der Waals surface area contributed by atoms with E-state index in [1.54, 1.807) is 29.2 Å². The predicted octanol–water partition coefficient (Wildman–Crippen LogP) is 0.408. The summed E-state index contributed by atoms with van der Waals surface area (Å²) in [5.74, 6) is 0.0119. The number of methoxy groups -OCH3 is 1. The van der Waals surface area contributed by atoms with E-state index in [2.05, 4.69) is 14.8 Å². The van der Waals surface area contributed by atoms with Crippen LogP contribution in [0, 0.1) is 0 Å². The van der Waals surface area contributed by atoms with Crippen molar-refractivity contribution in [2.45, 2.75) is 0 Å². The highest BCUT2D eigenvalue weighted by Gasteiger charge is 2.09. The Kier molecular flexibility index (Phi) is 5.87. The van der Waals surface area contributed by atoms with Gasteiger partial charge in [0.25, 0.3) is 0 Å². The first-order valence-corrected chi connectivity index (χ1v) is 6.74. The third kappa shape index (κ3) is 4.27. The lowest BCUT2D eigenvalue weighted by molar-refractivity contribution is 0.0600. The maximum atomic E-state index is 11.4. The summed E-state index contributed by atoms with van der Waals surface area (Å²) in [6, 6.07) is 3.48. The highest BCUT2D eigenvalue weighted by molar-refractivity contribution is 5.88. The van der Waals surface area contributed by atoms with Crippen LogP contribution in [-0.4, -0.2) is 54.2 Å². The molecule has 0 saturated heterocycles. The van der Waals surface area contributed by atoms with Gasteiger partial charge in [0.05, 0.1) is 37.8 Å². The molecule has 0 aliphatic carbocycles. The van der Waals surface area contributed by atoms with E-state index in [0.717, 1.165) is 5.69 Å². The lowest BCUT2D eigenvalue weighted by Gasteiger charge is -2.07. The van der Waals surface area contributed by atoms with Crippen molar-refractivity contribution in [1.82, 2.24) is 14.8 Å². The number of aromatic nitrogens is 3. The van der Waals surface area contributed by atoms with Crippen LogP contribution in [0.15, 0.2) is 30.7 Å². The molecule has 0 aromatic carbocycles. The van der Waals surface area contributed by atoms with Crippen LogP contribution in [0.5, 0.6) is 5.88 Å². The van der Waals surface area contributed by atoms with E-state index in [1.807, 2.05) is 0 Å². The number of carbonyl (C=O) groups excluding carboxylic acids is 1. The number of esters is 1. The second kappa shape index (κ2) is 8.11. The molecule has 2 aromatic heterocycles. The quantitative estimate of drug-likeness (QED) is 0.556. The summed E-state index contributed by atoms with van der Waals surface area (Å²) in [5.41, 5.74) is 6.42. The van der Waals surface area contributed by atoms with Gasteiger partial charge in [-0.05, 0) is 6.07 Å². The summed E-state index contributed by atoms with van der Waals surface area (Å²) in [6.45, 7) is 1.80. The molecule has 0 amide bonds. The standard InChI is InChI=1S/C14H18N4O4/c1-20-14(19)11-9-17-18(10-11)12-2-4-16-13(8-12)22-7-6-21-5-3-15/h2,4,8-10H,3,5-7,15H2,1H3. The molecule has 0 radical (unpaired) electrons. The van der Waals surface area contributed by atoms with Crippen molar-refractivity contribution in [3.8, 4) is 11.6 Å². The first-order valence-electron chi connectivity index (χ1n) is 6.74. The first kappa shape index (κ1) is 15.9. The minimum atomic E-state index is -0.436. The smallest absolute Gasteiger partial charge is 0.341 e. The second-order valence-electron chi connectivity index (χ2n) is 4.27. The maximum absolute atomic E-state index is 11.4. The molecule has 0 aliphatic heterocycles. The Balaban J connectivity index is 1.99. The number of carbonyl (C=O) groups is 1. The highest BCUT2D eigenvalue weighted by Crippen LogP contribution is 2.14. The van der Waals surface area contributed by atoms with Crippen LogP contribution >= 0.6 is 0 Å². The molecule has 0 spiro atoms. The molecule has 0 fully saturated rings. The molecule has 22 heavy (non-hydrogen) atoms. The average Bonchev–Trinajstić information content (AvgIpc) is 3.04. The van der Waals surface area contributed by atoms with Gasteiger partial charge in [-0.3, -0.25) is 0 Å². The van der Waals surface area contributed by atoms with Crippen molar-refractivity contribution < 1.29 is 19.0 Å². The van der Waals surface area contributed by atoms with Gasteiger partial charge in [0.1, 0.15) is 6.61 Å². The van der Waals surface area contributed by atoms with Crippen LogP contribution in [-0.2, 0) is 9.47 Å². The molecule has 0 bridgehead atoms. The number of ether oxygens (including phenoxy) is 3. The van der Waals surface area contributed by atoms with E-state index in [0.29, 0.717) is 37.8 Å². The van der Waals surface area contributed by atoms with E-state index < -0.39 is 5.97 Å². The molecule has 118 valence electrons. The van der Waals surface area contributed by atoms with E-state index in [-0.39, 0.29) is 0 Å². The van der Waals surface area contributed by atoms with Crippen molar-refractivity contribution >= 4 is 5.97 Å². The maximum Gasteiger partial charge on any atom is 0.341 e. The molecule has 0 saturated carbocycles. The minimum Gasteiger partial charge on any atom is -0.475 e. The number of nitrogens with two attached hydrogens (primary N) is 1. The summed E-state index contributed by atoms with van der Waals surface area (Å²) in [6.07, 6.45) is 4.62. The van der Waals surface area contributed by atoms with Crippen LogP contribution in [0.4, 0.5) is 0 Å². The van der Waals surface area contributed by atoms with Gasteiger partial charge in [-0.15, -0.1) is 0 Å². The molecule has 0 aliphatic rings. The van der Waals surface area contributed by atoms with Gasteiger partial charge in [0.2, 0.25) is 5.88 Å². The summed E-state index contributed by atoms with van der Waals surface area (Å²) in [5, 5.41) is 4.11. The zero-order valence-corrected chi connectivity index (χ0v) is 12.3. The molecular formula is C14H18N4O4. The summed E-state index contributed by atoms with van der Waals surface area (Å²) in [7, 11) is 1.32. The molecule has 2 heterocycles. The van der Waals surface area contributed by atoms with Crippen LogP contribution < -0.4 is 10.5 Å². The van der Waals surface area contributed by atoms with E-state index in [9.17, 15) is 4.79 Å². The van der Waals surface area contributed by atoms with Gasteiger partial charge in [0, 0.05) is 25.0 Å². The number of pyridine rings is 1. The van der Waals surface area contributed by atoms with Crippen molar-refractivity contribution in [3.05, 3.63) is 36.3 Å². The van der Waals surface area contributed by atoms with Crippen LogP contribution in [0.2, 0.25) is 0 Å². The van der Waals surface area contributed by atoms with Gasteiger partial charge in [-0.25, -0.2) is 14.5 Å². The molecule has 0 atom stereocenters. The topological polar surface area (TPSA) is 101 Å². The van der Waals surface area contributed by atoms with E-state index >= 15 is 0 Å². The van der Waals surface area contributed by atoms with Crippen LogP contribution in [0.1, 0.15) is 10.4 Å². The largest absolute Gasteiger partial charge is 0.475 e. The first-order chi connectivity index (χ1) is 10.7. The van der Waals surface area contributed by atoms with Gasteiger partial charge < -0.3 is 19.9 Å². The monoisotopic (exact) mass is 306 g/mol. The summed E-state index contributed by atoms with van der Waals surface area (Å²) in [4.78, 5) is 15.5. The Morgan fingerprint density at radius 1 is 1.36 bits per heavy atom. The molecular weight excluding hydrogens is 288 g/mol. The van der Waals surface area contributed by atoms with Crippen molar-refractivity contribution in [3.63, 3.8) is 0 Å². The number of rotatable bonds is 8. The molecule has 0 unspecified atom stereocenters. The zero-order valence-electron chi connectivity index (χ0n) is 12.3.